The molecule has 1 aromatic rings. The lowest BCUT2D eigenvalue weighted by Gasteiger charge is -2.38. The number of ketones is 1. The lowest BCUT2D eigenvalue weighted by molar-refractivity contribution is -0.144. The highest BCUT2D eigenvalue weighted by Gasteiger charge is 2.33. The highest BCUT2D eigenvalue weighted by Crippen LogP contribution is 2.14. The maximum atomic E-state index is 12.7. The molecule has 160 valence electrons. The molecule has 10 nitrogen and oxygen atoms in total. The number of aliphatic imine (C=N–C) groups is 1. The molecule has 1 aliphatic rings. The van der Waals surface area contributed by atoms with Gasteiger partial charge in [0, 0.05) is 31.2 Å². The third-order valence-corrected chi connectivity index (χ3v) is 5.60. The van der Waals surface area contributed by atoms with Crippen molar-refractivity contribution < 1.29 is 14.4 Å². The lowest BCUT2D eigenvalue weighted by atomic mass is 10.1. The summed E-state index contributed by atoms with van der Waals surface area (Å²) in [6.45, 7) is 3.42. The molecule has 2 amide bonds. The SMILES string of the molecule is CC[C@@H]1C(=O)N(CC(=O)N[C@@H](CCCN=C(N)N)C(=O)c2nccs2)CCN1C. The number of aromatic nitrogens is 1. The largest absolute Gasteiger partial charge is 0.370 e. The fourth-order valence-corrected chi connectivity index (χ4v) is 3.90. The minimum Gasteiger partial charge on any atom is -0.370 e. The normalized spacial score (nSPS) is 18.3. The molecule has 2 atom stereocenters. The molecule has 0 bridgehead atoms. The van der Waals surface area contributed by atoms with Crippen LogP contribution in [0.15, 0.2) is 16.6 Å². The van der Waals surface area contributed by atoms with Crippen LogP contribution in [-0.2, 0) is 9.59 Å². The van der Waals surface area contributed by atoms with Gasteiger partial charge in [-0.05, 0) is 26.3 Å². The lowest BCUT2D eigenvalue weighted by Crippen LogP contribution is -2.57. The molecule has 0 spiro atoms. The Morgan fingerprint density at radius 3 is 2.79 bits per heavy atom. The number of nitrogens with zero attached hydrogens (tertiary/aromatic N) is 4. The van der Waals surface area contributed by atoms with Gasteiger partial charge >= 0.3 is 0 Å². The molecule has 0 aromatic carbocycles. The summed E-state index contributed by atoms with van der Waals surface area (Å²) in [7, 11) is 1.91. The number of hydrogen-bond acceptors (Lipinski definition) is 7. The maximum absolute atomic E-state index is 12.7. The van der Waals surface area contributed by atoms with E-state index in [2.05, 4.69) is 15.3 Å². The van der Waals surface area contributed by atoms with Gasteiger partial charge in [-0.1, -0.05) is 6.92 Å². The van der Waals surface area contributed by atoms with Crippen LogP contribution in [-0.4, -0.2) is 83.7 Å². The van der Waals surface area contributed by atoms with Crippen molar-refractivity contribution >= 4 is 34.9 Å². The topological polar surface area (TPSA) is 147 Å². The van der Waals surface area contributed by atoms with E-state index in [9.17, 15) is 14.4 Å². The molecule has 0 saturated carbocycles. The number of carbonyl (C=O) groups is 3. The molecular formula is C18H29N7O3S. The fourth-order valence-electron chi connectivity index (χ4n) is 3.27. The third kappa shape index (κ3) is 6.50. The minimum atomic E-state index is -0.743. The van der Waals surface area contributed by atoms with Gasteiger partial charge in [0.1, 0.15) is 0 Å². The second-order valence-electron chi connectivity index (χ2n) is 6.93. The van der Waals surface area contributed by atoms with Crippen molar-refractivity contribution in [2.24, 2.45) is 16.5 Å². The van der Waals surface area contributed by atoms with Crippen molar-refractivity contribution in [1.82, 2.24) is 20.1 Å². The summed E-state index contributed by atoms with van der Waals surface area (Å²) in [5.41, 5.74) is 10.6. The molecule has 11 heteroatoms. The van der Waals surface area contributed by atoms with Crippen molar-refractivity contribution in [3.05, 3.63) is 16.6 Å². The van der Waals surface area contributed by atoms with Crippen molar-refractivity contribution in [2.45, 2.75) is 38.3 Å². The Morgan fingerprint density at radius 1 is 1.41 bits per heavy atom. The Labute approximate surface area is 174 Å². The van der Waals surface area contributed by atoms with Crippen LogP contribution in [0.2, 0.25) is 0 Å². The molecule has 0 aliphatic carbocycles. The Balaban J connectivity index is 1.99. The van der Waals surface area contributed by atoms with E-state index in [1.54, 1.807) is 16.5 Å². The van der Waals surface area contributed by atoms with Gasteiger partial charge < -0.3 is 21.7 Å². The van der Waals surface area contributed by atoms with E-state index < -0.39 is 6.04 Å². The van der Waals surface area contributed by atoms with E-state index in [1.807, 2.05) is 18.9 Å². The first kappa shape index (κ1) is 22.8. The van der Waals surface area contributed by atoms with Crippen molar-refractivity contribution in [1.29, 1.82) is 0 Å². The predicted octanol–water partition coefficient (Wildman–Crippen LogP) is -0.583. The summed E-state index contributed by atoms with van der Waals surface area (Å²) >= 11 is 1.22. The first-order valence-electron chi connectivity index (χ1n) is 9.61. The molecule has 2 heterocycles. The van der Waals surface area contributed by atoms with Crippen LogP contribution in [0.25, 0.3) is 0 Å². The van der Waals surface area contributed by atoms with Crippen molar-refractivity contribution in [3.8, 4) is 0 Å². The molecule has 1 fully saturated rings. The van der Waals surface area contributed by atoms with Gasteiger partial charge in [0.2, 0.25) is 17.6 Å². The smallest absolute Gasteiger partial charge is 0.240 e. The van der Waals surface area contributed by atoms with E-state index in [4.69, 9.17) is 11.5 Å². The van der Waals surface area contributed by atoms with Gasteiger partial charge in [0.05, 0.1) is 18.6 Å². The number of rotatable bonds is 10. The number of thiazole rings is 1. The number of nitrogens with one attached hydrogen (secondary N) is 1. The standard InChI is InChI=1S/C18H29N7O3S/c1-3-13-17(28)25(9-8-24(13)2)11-14(26)23-12(5-4-6-22-18(19)20)15(27)16-21-7-10-29-16/h7,10,12-13H,3-6,8-9,11H2,1-2H3,(H,23,26)(H4,19,20,22)/t12-,13+/m0/s1. The van der Waals surface area contributed by atoms with Crippen molar-refractivity contribution in [2.75, 3.05) is 33.2 Å². The zero-order chi connectivity index (χ0) is 21.4. The third-order valence-electron chi connectivity index (χ3n) is 4.81. The predicted molar refractivity (Wildman–Crippen MR) is 112 cm³/mol. The van der Waals surface area contributed by atoms with E-state index >= 15 is 0 Å². The Bertz CT molecular complexity index is 734. The summed E-state index contributed by atoms with van der Waals surface area (Å²) in [5, 5.41) is 4.80. The van der Waals surface area contributed by atoms with Crippen LogP contribution in [0, 0.1) is 0 Å². The summed E-state index contributed by atoms with van der Waals surface area (Å²) in [6.07, 6.45) is 3.12. The molecule has 0 radical (unpaired) electrons. The monoisotopic (exact) mass is 423 g/mol. The van der Waals surface area contributed by atoms with E-state index in [-0.39, 0.29) is 36.1 Å². The highest BCUT2D eigenvalue weighted by atomic mass is 32.1. The second kappa shape index (κ2) is 10.9. The maximum Gasteiger partial charge on any atom is 0.240 e. The van der Waals surface area contributed by atoms with E-state index in [0.717, 1.165) is 0 Å². The summed E-state index contributed by atoms with van der Waals surface area (Å²) in [6, 6.07) is -0.962. The van der Waals surface area contributed by atoms with E-state index in [1.165, 1.54) is 11.3 Å². The van der Waals surface area contributed by atoms with Crippen LogP contribution in [0.4, 0.5) is 0 Å². The van der Waals surface area contributed by atoms with Gasteiger partial charge in [0.15, 0.2) is 11.0 Å². The minimum absolute atomic E-state index is 0.0177. The van der Waals surface area contributed by atoms with Crippen LogP contribution in [0.3, 0.4) is 0 Å². The zero-order valence-corrected chi connectivity index (χ0v) is 17.7. The molecule has 29 heavy (non-hydrogen) atoms. The highest BCUT2D eigenvalue weighted by molar-refractivity contribution is 7.11. The first-order valence-corrected chi connectivity index (χ1v) is 10.5. The summed E-state index contributed by atoms with van der Waals surface area (Å²) in [4.78, 5) is 49.4. The van der Waals surface area contributed by atoms with Gasteiger partial charge in [-0.25, -0.2) is 4.98 Å². The number of nitrogens with two attached hydrogens (primary N) is 2. The van der Waals surface area contributed by atoms with Crippen LogP contribution in [0.5, 0.6) is 0 Å². The molecular weight excluding hydrogens is 394 g/mol. The molecule has 1 aromatic heterocycles. The van der Waals surface area contributed by atoms with E-state index in [0.29, 0.717) is 43.9 Å². The van der Waals surface area contributed by atoms with Crippen LogP contribution >= 0.6 is 11.3 Å². The summed E-state index contributed by atoms with van der Waals surface area (Å²) < 4.78 is 0. The van der Waals surface area contributed by atoms with Gasteiger partial charge in [-0.15, -0.1) is 11.3 Å². The second-order valence-corrected chi connectivity index (χ2v) is 7.83. The number of amides is 2. The quantitative estimate of drug-likeness (QED) is 0.197. The molecule has 1 saturated heterocycles. The number of likely N-dealkylation sites (N-methyl/N-ethyl adjacent to an activating group) is 1. The van der Waals surface area contributed by atoms with Crippen LogP contribution < -0.4 is 16.8 Å². The van der Waals surface area contributed by atoms with Gasteiger partial charge in [-0.2, -0.15) is 0 Å². The Hall–Kier alpha value is -2.53. The number of carbonyl (C=O) groups excluding carboxylic acids is 3. The number of Topliss-reactive ketones (excluding diaryl/α,β-unsaturated/α-hetero) is 1. The van der Waals surface area contributed by atoms with Gasteiger partial charge in [-0.3, -0.25) is 24.3 Å². The first-order chi connectivity index (χ1) is 13.8. The molecule has 0 unspecified atom stereocenters. The number of hydrogen-bond donors (Lipinski definition) is 3. The fraction of sp³-hybridized carbons (Fsp3) is 0.611. The average Bonchev–Trinajstić information content (AvgIpc) is 3.21. The Morgan fingerprint density at radius 2 is 2.17 bits per heavy atom. The summed E-state index contributed by atoms with van der Waals surface area (Å²) in [5.74, 6) is -0.702. The number of guanidine groups is 1. The zero-order valence-electron chi connectivity index (χ0n) is 16.8. The molecule has 5 N–H and O–H groups in total. The van der Waals surface area contributed by atoms with Crippen molar-refractivity contribution in [3.63, 3.8) is 0 Å². The number of piperazine rings is 1. The Kier molecular flexibility index (Phi) is 8.52. The average molecular weight is 424 g/mol. The van der Waals surface area contributed by atoms with Crippen LogP contribution in [0.1, 0.15) is 36.0 Å². The van der Waals surface area contributed by atoms with Gasteiger partial charge in [0.25, 0.3) is 0 Å². The molecule has 1 aliphatic heterocycles. The molecule has 2 rings (SSSR count).